The molecule has 0 radical (unpaired) electrons. The number of aromatic carboxylic acids is 1. The van der Waals surface area contributed by atoms with Crippen LogP contribution in [0.4, 0.5) is 0 Å². The summed E-state index contributed by atoms with van der Waals surface area (Å²) in [6, 6.07) is 34.5. The zero-order valence-corrected chi connectivity index (χ0v) is 22.7. The predicted molar refractivity (Wildman–Crippen MR) is 139 cm³/mol. The van der Waals surface area contributed by atoms with Crippen molar-refractivity contribution in [1.82, 2.24) is 19.9 Å². The number of para-hydroxylation sites is 2. The van der Waals surface area contributed by atoms with Gasteiger partial charge in [0, 0.05) is 30.6 Å². The van der Waals surface area contributed by atoms with E-state index in [0.717, 1.165) is 39.0 Å². The SMILES string of the molecule is O=C(O)c1cccc(-c2ccccc2-c2ccccc2-c2cccc(-c3nc4ccccc4[n-]3)n2)n1.[Zn]. The van der Waals surface area contributed by atoms with Gasteiger partial charge in [0.25, 0.3) is 0 Å². The fourth-order valence-corrected chi connectivity index (χ4v) is 4.32. The van der Waals surface area contributed by atoms with Crippen LogP contribution in [0.3, 0.4) is 0 Å². The molecule has 6 rings (SSSR count). The predicted octanol–water partition coefficient (Wildman–Crippen LogP) is 6.35. The van der Waals surface area contributed by atoms with Gasteiger partial charge in [-0.15, -0.1) is 0 Å². The molecule has 3 aromatic heterocycles. The number of carboxylic acids is 1. The van der Waals surface area contributed by atoms with Crippen LogP contribution in [0.1, 0.15) is 10.5 Å². The second kappa shape index (κ2) is 10.3. The Morgan fingerprint density at radius 3 is 1.76 bits per heavy atom. The Bertz CT molecular complexity index is 1710. The molecule has 0 saturated heterocycles. The molecule has 0 aliphatic carbocycles. The Balaban J connectivity index is 0.00000280. The van der Waals surface area contributed by atoms with Gasteiger partial charge in [0.2, 0.25) is 0 Å². The molecule has 3 heterocycles. The number of fused-ring (bicyclic) bond motifs is 1. The maximum atomic E-state index is 11.5. The van der Waals surface area contributed by atoms with Crippen molar-refractivity contribution in [3.63, 3.8) is 0 Å². The van der Waals surface area contributed by atoms with Gasteiger partial charge in [-0.2, -0.15) is 0 Å². The van der Waals surface area contributed by atoms with E-state index in [1.54, 1.807) is 6.07 Å². The minimum absolute atomic E-state index is 0. The van der Waals surface area contributed by atoms with E-state index in [0.29, 0.717) is 17.2 Å². The fraction of sp³-hybridized carbons (Fsp3) is 0. The summed E-state index contributed by atoms with van der Waals surface area (Å²) >= 11 is 0. The molecular weight excluding hydrogens is 514 g/mol. The first-order valence-electron chi connectivity index (χ1n) is 11.4. The van der Waals surface area contributed by atoms with Gasteiger partial charge < -0.3 is 15.1 Å². The molecule has 0 saturated carbocycles. The molecule has 37 heavy (non-hydrogen) atoms. The summed E-state index contributed by atoms with van der Waals surface area (Å²) in [6.45, 7) is 0. The molecular formula is C30H19N4O2Zn-. The molecule has 3 aromatic carbocycles. The van der Waals surface area contributed by atoms with Crippen LogP contribution in [0.2, 0.25) is 0 Å². The molecule has 0 aliphatic rings. The zero-order valence-electron chi connectivity index (χ0n) is 19.7. The first kappa shape index (κ1) is 24.2. The second-order valence-corrected chi connectivity index (χ2v) is 8.25. The van der Waals surface area contributed by atoms with E-state index in [1.165, 1.54) is 6.07 Å². The number of nitrogens with zero attached hydrogens (tertiary/aromatic N) is 4. The Morgan fingerprint density at radius 2 is 1.11 bits per heavy atom. The molecule has 0 spiro atoms. The van der Waals surface area contributed by atoms with Crippen LogP contribution in [-0.4, -0.2) is 26.0 Å². The smallest absolute Gasteiger partial charge is 0.354 e. The number of hydrogen-bond donors (Lipinski definition) is 1. The van der Waals surface area contributed by atoms with Gasteiger partial charge >= 0.3 is 5.97 Å². The average Bonchev–Trinajstić information content (AvgIpc) is 3.38. The van der Waals surface area contributed by atoms with E-state index in [4.69, 9.17) is 4.98 Å². The monoisotopic (exact) mass is 531 g/mol. The summed E-state index contributed by atoms with van der Waals surface area (Å²) in [7, 11) is 0. The van der Waals surface area contributed by atoms with E-state index < -0.39 is 5.97 Å². The van der Waals surface area contributed by atoms with Crippen LogP contribution >= 0.6 is 0 Å². The number of imidazole rings is 1. The summed E-state index contributed by atoms with van der Waals surface area (Å²) < 4.78 is 0. The van der Waals surface area contributed by atoms with E-state index in [2.05, 4.69) is 15.0 Å². The number of pyridine rings is 2. The molecule has 0 atom stereocenters. The fourth-order valence-electron chi connectivity index (χ4n) is 4.32. The Kier molecular flexibility index (Phi) is 6.71. The summed E-state index contributed by atoms with van der Waals surface area (Å²) in [4.78, 5) is 30.1. The van der Waals surface area contributed by atoms with Crippen molar-refractivity contribution < 1.29 is 29.4 Å². The first-order valence-corrected chi connectivity index (χ1v) is 11.4. The quantitative estimate of drug-likeness (QED) is 0.260. The standard InChI is InChI=1S/C30H20N4O2.Zn/c35-30(36)28-18-8-16-24(32-28)22-12-4-2-10-20(22)19-9-1-3-11-21(19)23-15-7-17-27(31-23)29-33-25-13-5-6-14-26(25)34-29;/h1-18H,(H2,31,33,34,35,36);/p-1. The van der Waals surface area contributed by atoms with Crippen molar-refractivity contribution in [3.8, 4) is 45.2 Å². The molecule has 1 N–H and O–H groups in total. The van der Waals surface area contributed by atoms with Gasteiger partial charge in [0.05, 0.1) is 17.1 Å². The summed E-state index contributed by atoms with van der Waals surface area (Å²) in [5.74, 6) is -0.469. The first-order chi connectivity index (χ1) is 17.7. The van der Waals surface area contributed by atoms with Crippen LogP contribution in [0.5, 0.6) is 0 Å². The minimum Gasteiger partial charge on any atom is -0.477 e. The van der Waals surface area contributed by atoms with Crippen molar-refractivity contribution in [2.24, 2.45) is 0 Å². The number of benzene rings is 3. The molecule has 0 unspecified atom stereocenters. The Labute approximate surface area is 225 Å². The van der Waals surface area contributed by atoms with Crippen molar-refractivity contribution in [1.29, 1.82) is 0 Å². The second-order valence-electron chi connectivity index (χ2n) is 8.25. The largest absolute Gasteiger partial charge is 0.477 e. The van der Waals surface area contributed by atoms with Gasteiger partial charge in [-0.1, -0.05) is 84.9 Å². The summed E-state index contributed by atoms with van der Waals surface area (Å²) in [5.41, 5.74) is 7.45. The maximum Gasteiger partial charge on any atom is 0.354 e. The number of aromatic nitrogens is 4. The molecule has 0 aliphatic heterocycles. The van der Waals surface area contributed by atoms with Crippen molar-refractivity contribution in [2.45, 2.75) is 0 Å². The Hall–Kier alpha value is -4.48. The third-order valence-corrected chi connectivity index (χ3v) is 5.98. The summed E-state index contributed by atoms with van der Waals surface area (Å²) in [6.07, 6.45) is 0. The van der Waals surface area contributed by atoms with Gasteiger partial charge in [-0.05, 0) is 52.3 Å². The minimum atomic E-state index is -1.06. The Morgan fingerprint density at radius 1 is 0.568 bits per heavy atom. The van der Waals surface area contributed by atoms with Gasteiger partial charge in [-0.3, -0.25) is 0 Å². The van der Waals surface area contributed by atoms with Crippen LogP contribution in [0.25, 0.3) is 56.2 Å². The number of hydrogen-bond acceptors (Lipinski definition) is 4. The zero-order chi connectivity index (χ0) is 24.5. The molecule has 6 aromatic rings. The van der Waals surface area contributed by atoms with Crippen LogP contribution in [0, 0.1) is 0 Å². The maximum absolute atomic E-state index is 11.5. The van der Waals surface area contributed by atoms with Crippen molar-refractivity contribution in [2.75, 3.05) is 0 Å². The van der Waals surface area contributed by atoms with Gasteiger partial charge in [0.1, 0.15) is 5.69 Å². The van der Waals surface area contributed by atoms with Crippen molar-refractivity contribution >= 4 is 17.0 Å². The van der Waals surface area contributed by atoms with Crippen molar-refractivity contribution in [3.05, 3.63) is 115 Å². The number of carboxylic acid groups (broad SMARTS) is 1. The molecule has 0 bridgehead atoms. The number of rotatable bonds is 5. The van der Waals surface area contributed by atoms with Crippen LogP contribution < -0.4 is 4.98 Å². The average molecular weight is 533 g/mol. The number of carbonyl (C=O) groups is 1. The van der Waals surface area contributed by atoms with Gasteiger partial charge in [0.15, 0.2) is 0 Å². The molecule has 7 heteroatoms. The van der Waals surface area contributed by atoms with E-state index in [1.807, 2.05) is 97.1 Å². The van der Waals surface area contributed by atoms with E-state index in [9.17, 15) is 9.90 Å². The molecule has 0 amide bonds. The van der Waals surface area contributed by atoms with Crippen LogP contribution in [0.15, 0.2) is 109 Å². The van der Waals surface area contributed by atoms with E-state index in [-0.39, 0.29) is 25.2 Å². The van der Waals surface area contributed by atoms with Crippen LogP contribution in [-0.2, 0) is 19.5 Å². The van der Waals surface area contributed by atoms with Gasteiger partial charge in [-0.25, -0.2) is 14.8 Å². The molecule has 6 nitrogen and oxygen atoms in total. The van der Waals surface area contributed by atoms with E-state index >= 15 is 0 Å². The third kappa shape index (κ3) is 4.69. The molecule has 0 fully saturated rings. The normalized spacial score (nSPS) is 10.7. The third-order valence-electron chi connectivity index (χ3n) is 5.98. The topological polar surface area (TPSA) is 90.1 Å². The molecule has 174 valence electrons. The summed E-state index contributed by atoms with van der Waals surface area (Å²) in [5, 5.41) is 9.42.